The minimum absolute atomic E-state index is 0.0332. The van der Waals surface area contributed by atoms with Crippen LogP contribution >= 0.6 is 34.8 Å². The zero-order valence-corrected chi connectivity index (χ0v) is 12.4. The molecule has 110 valence electrons. The van der Waals surface area contributed by atoms with Crippen LogP contribution in [0.1, 0.15) is 5.82 Å². The molecule has 1 aromatic heterocycles. The van der Waals surface area contributed by atoms with E-state index in [1.807, 2.05) is 4.90 Å². The monoisotopic (exact) mass is 340 g/mol. The molecule has 1 aliphatic rings. The van der Waals surface area contributed by atoms with Crippen molar-refractivity contribution in [1.82, 2.24) is 20.4 Å². The predicted molar refractivity (Wildman–Crippen MR) is 74.9 cm³/mol. The van der Waals surface area contributed by atoms with Gasteiger partial charge in [-0.3, -0.25) is 15.6 Å². The van der Waals surface area contributed by atoms with Gasteiger partial charge in [0.25, 0.3) is 0 Å². The lowest BCUT2D eigenvalue weighted by Crippen LogP contribution is -2.38. The van der Waals surface area contributed by atoms with E-state index < -0.39 is 3.79 Å². The molecule has 0 aliphatic carbocycles. The van der Waals surface area contributed by atoms with Gasteiger partial charge >= 0.3 is 0 Å². The van der Waals surface area contributed by atoms with Crippen molar-refractivity contribution < 1.29 is 9.53 Å². The molecule has 2 N–H and O–H groups in total. The lowest BCUT2D eigenvalue weighted by molar-refractivity contribution is -0.109. The Labute approximate surface area is 129 Å². The molecular formula is C9H11Cl3N6O2. The third-order valence-corrected chi connectivity index (χ3v) is 2.92. The zero-order chi connectivity index (χ0) is 14.6. The highest BCUT2D eigenvalue weighted by Crippen LogP contribution is 2.36. The average molecular weight is 342 g/mol. The van der Waals surface area contributed by atoms with Crippen LogP contribution in [0.3, 0.4) is 0 Å². The molecule has 1 aromatic rings. The van der Waals surface area contributed by atoms with Gasteiger partial charge in [0.1, 0.15) is 0 Å². The number of amides is 1. The number of halogens is 3. The van der Waals surface area contributed by atoms with Crippen LogP contribution in [0.2, 0.25) is 0 Å². The van der Waals surface area contributed by atoms with Gasteiger partial charge in [0.05, 0.1) is 13.2 Å². The molecule has 11 heteroatoms. The Morgan fingerprint density at radius 2 is 1.90 bits per heavy atom. The lowest BCUT2D eigenvalue weighted by Gasteiger charge is -2.27. The number of hydrazine groups is 1. The highest BCUT2D eigenvalue weighted by molar-refractivity contribution is 6.66. The number of morpholine rings is 1. The molecule has 1 saturated heterocycles. The first-order chi connectivity index (χ1) is 9.50. The maximum atomic E-state index is 10.3. The van der Waals surface area contributed by atoms with Crippen molar-refractivity contribution in [2.24, 2.45) is 0 Å². The first kappa shape index (κ1) is 15.3. The normalized spacial score (nSPS) is 15.8. The van der Waals surface area contributed by atoms with Gasteiger partial charge in [0, 0.05) is 13.1 Å². The third kappa shape index (κ3) is 3.95. The third-order valence-electron chi connectivity index (χ3n) is 2.41. The predicted octanol–water partition coefficient (Wildman–Crippen LogP) is 0.608. The van der Waals surface area contributed by atoms with E-state index >= 15 is 0 Å². The molecule has 0 spiro atoms. The van der Waals surface area contributed by atoms with Crippen LogP contribution < -0.4 is 15.8 Å². The number of carbonyl (C=O) groups excluding carboxylic acids is 1. The number of rotatable bonds is 4. The molecule has 2 rings (SSSR count). The lowest BCUT2D eigenvalue weighted by atomic mass is 10.4. The Balaban J connectivity index is 2.31. The minimum Gasteiger partial charge on any atom is -0.378 e. The summed E-state index contributed by atoms with van der Waals surface area (Å²) in [7, 11) is 0. The molecule has 0 atom stereocenters. The maximum absolute atomic E-state index is 10.3. The number of aromatic nitrogens is 3. The van der Waals surface area contributed by atoms with Crippen LogP contribution in [0.4, 0.5) is 11.9 Å². The Morgan fingerprint density at radius 1 is 1.20 bits per heavy atom. The van der Waals surface area contributed by atoms with Crippen molar-refractivity contribution in [1.29, 1.82) is 0 Å². The van der Waals surface area contributed by atoms with Gasteiger partial charge in [-0.15, -0.1) is 0 Å². The van der Waals surface area contributed by atoms with Crippen LogP contribution in [0.5, 0.6) is 0 Å². The smallest absolute Gasteiger partial charge is 0.250 e. The van der Waals surface area contributed by atoms with Gasteiger partial charge in [-0.2, -0.15) is 15.0 Å². The fourth-order valence-electron chi connectivity index (χ4n) is 1.55. The van der Waals surface area contributed by atoms with Crippen LogP contribution in [0.15, 0.2) is 0 Å². The second-order valence-corrected chi connectivity index (χ2v) is 6.05. The van der Waals surface area contributed by atoms with Gasteiger partial charge in [-0.25, -0.2) is 0 Å². The first-order valence-corrected chi connectivity index (χ1v) is 6.75. The number of carbonyl (C=O) groups is 1. The van der Waals surface area contributed by atoms with Crippen LogP contribution in [0.25, 0.3) is 0 Å². The molecule has 0 radical (unpaired) electrons. The summed E-state index contributed by atoms with van der Waals surface area (Å²) < 4.78 is 3.46. The molecule has 0 unspecified atom stereocenters. The number of hydrogen-bond donors (Lipinski definition) is 2. The van der Waals surface area contributed by atoms with Crippen molar-refractivity contribution in [2.75, 3.05) is 36.6 Å². The molecule has 2 heterocycles. The minimum atomic E-state index is -1.79. The molecule has 1 amide bonds. The van der Waals surface area contributed by atoms with Crippen molar-refractivity contribution in [3.05, 3.63) is 5.82 Å². The van der Waals surface area contributed by atoms with Gasteiger partial charge in [-0.05, 0) is 0 Å². The van der Waals surface area contributed by atoms with Crippen molar-refractivity contribution >= 4 is 53.1 Å². The second kappa shape index (κ2) is 6.57. The summed E-state index contributed by atoms with van der Waals surface area (Å²) in [6.45, 7) is 2.35. The Hall–Kier alpha value is -1.09. The standard InChI is InChI=1S/C9H11Cl3N6O2/c10-9(11,12)6-14-7(17-13-5-19)16-8(15-6)18-1-3-20-4-2-18/h5H,1-4H2,(H,13,19)(H,14,15,16,17). The molecule has 0 bridgehead atoms. The van der Waals surface area contributed by atoms with E-state index in [-0.39, 0.29) is 11.8 Å². The molecule has 1 fully saturated rings. The quantitative estimate of drug-likeness (QED) is 0.471. The summed E-state index contributed by atoms with van der Waals surface area (Å²) in [5.74, 6) is 0.393. The summed E-state index contributed by atoms with van der Waals surface area (Å²) in [4.78, 5) is 24.4. The summed E-state index contributed by atoms with van der Waals surface area (Å²) in [6.07, 6.45) is 0.438. The van der Waals surface area contributed by atoms with E-state index in [2.05, 4.69) is 25.8 Å². The van der Waals surface area contributed by atoms with E-state index in [1.54, 1.807) is 0 Å². The SMILES string of the molecule is O=CNNc1nc(N2CCOCC2)nc(C(Cl)(Cl)Cl)n1. The van der Waals surface area contributed by atoms with Gasteiger partial charge in [0.15, 0.2) is 5.82 Å². The Morgan fingerprint density at radius 3 is 2.50 bits per heavy atom. The summed E-state index contributed by atoms with van der Waals surface area (Å²) >= 11 is 17.4. The molecular weight excluding hydrogens is 330 g/mol. The Kier molecular flexibility index (Phi) is 5.03. The molecule has 1 aliphatic heterocycles. The maximum Gasteiger partial charge on any atom is 0.250 e. The fourth-order valence-corrected chi connectivity index (χ4v) is 1.80. The van der Waals surface area contributed by atoms with E-state index in [9.17, 15) is 4.79 Å². The van der Waals surface area contributed by atoms with Crippen LogP contribution in [0, 0.1) is 0 Å². The fraction of sp³-hybridized carbons (Fsp3) is 0.556. The highest BCUT2D eigenvalue weighted by atomic mass is 35.6. The number of nitrogens with zero attached hydrogens (tertiary/aromatic N) is 4. The number of nitrogens with one attached hydrogen (secondary N) is 2. The largest absolute Gasteiger partial charge is 0.378 e. The number of ether oxygens (including phenoxy) is 1. The van der Waals surface area contributed by atoms with Crippen LogP contribution in [-0.2, 0) is 13.3 Å². The number of alkyl halides is 3. The van der Waals surface area contributed by atoms with E-state index in [0.29, 0.717) is 38.7 Å². The second-order valence-electron chi connectivity index (χ2n) is 3.77. The van der Waals surface area contributed by atoms with Crippen molar-refractivity contribution in [3.63, 3.8) is 0 Å². The van der Waals surface area contributed by atoms with Gasteiger partial charge < -0.3 is 9.64 Å². The summed E-state index contributed by atoms with van der Waals surface area (Å²) in [5.41, 5.74) is 4.69. The van der Waals surface area contributed by atoms with Crippen molar-refractivity contribution in [3.8, 4) is 0 Å². The van der Waals surface area contributed by atoms with E-state index in [4.69, 9.17) is 39.5 Å². The van der Waals surface area contributed by atoms with Crippen LogP contribution in [-0.4, -0.2) is 47.7 Å². The first-order valence-electron chi connectivity index (χ1n) is 5.62. The molecule has 8 nitrogen and oxygen atoms in total. The van der Waals surface area contributed by atoms with E-state index in [0.717, 1.165) is 0 Å². The topological polar surface area (TPSA) is 92.3 Å². The number of anilines is 2. The number of hydrogen-bond acceptors (Lipinski definition) is 7. The van der Waals surface area contributed by atoms with Gasteiger partial charge in [0.2, 0.25) is 22.1 Å². The average Bonchev–Trinajstić information content (AvgIpc) is 2.45. The summed E-state index contributed by atoms with van der Waals surface area (Å²) in [6, 6.07) is 0. The summed E-state index contributed by atoms with van der Waals surface area (Å²) in [5, 5.41) is 0. The van der Waals surface area contributed by atoms with Crippen molar-refractivity contribution in [2.45, 2.75) is 3.79 Å². The molecule has 0 saturated carbocycles. The molecule has 20 heavy (non-hydrogen) atoms. The highest BCUT2D eigenvalue weighted by Gasteiger charge is 2.29. The molecule has 0 aromatic carbocycles. The Bertz CT molecular complexity index is 477. The van der Waals surface area contributed by atoms with Gasteiger partial charge in [-0.1, -0.05) is 34.8 Å². The van der Waals surface area contributed by atoms with E-state index in [1.165, 1.54) is 0 Å². The zero-order valence-electron chi connectivity index (χ0n) is 10.1.